The van der Waals surface area contributed by atoms with E-state index < -0.39 is 0 Å². The molecule has 0 aliphatic carbocycles. The van der Waals surface area contributed by atoms with Gasteiger partial charge in [-0.1, -0.05) is 23.7 Å². The molecule has 1 fully saturated rings. The molecule has 0 spiro atoms. The van der Waals surface area contributed by atoms with Crippen LogP contribution in [-0.2, 0) is 0 Å². The zero-order chi connectivity index (χ0) is 18.4. The summed E-state index contributed by atoms with van der Waals surface area (Å²) in [6.45, 7) is 3.64. The van der Waals surface area contributed by atoms with Crippen LogP contribution in [0.2, 0.25) is 5.02 Å². The van der Waals surface area contributed by atoms with Gasteiger partial charge in [0.25, 0.3) is 0 Å². The van der Waals surface area contributed by atoms with E-state index in [1.165, 1.54) is 0 Å². The molecule has 1 aromatic heterocycles. The summed E-state index contributed by atoms with van der Waals surface area (Å²) in [5.41, 5.74) is 1.93. The lowest BCUT2D eigenvalue weighted by atomic mass is 10.00. The van der Waals surface area contributed by atoms with E-state index in [0.29, 0.717) is 24.7 Å². The van der Waals surface area contributed by atoms with Gasteiger partial charge < -0.3 is 15.3 Å². The maximum absolute atomic E-state index is 12.8. The van der Waals surface area contributed by atoms with Crippen molar-refractivity contribution in [2.75, 3.05) is 39.3 Å². The highest BCUT2D eigenvalue weighted by Crippen LogP contribution is 2.23. The molecule has 2 heterocycles. The van der Waals surface area contributed by atoms with E-state index in [1.54, 1.807) is 12.4 Å². The normalized spacial score (nSPS) is 16.3. The Balaban J connectivity index is 1.72. The number of amides is 2. The number of piperazine rings is 1. The Kier molecular flexibility index (Phi) is 6.44. The fourth-order valence-electron chi connectivity index (χ4n) is 3.10. The van der Waals surface area contributed by atoms with Crippen LogP contribution in [0.15, 0.2) is 48.8 Å². The molecule has 1 aliphatic rings. The second kappa shape index (κ2) is 8.98. The number of hydrogen-bond donors (Lipinski definition) is 2. The molecule has 1 unspecified atom stereocenters. The zero-order valence-electron chi connectivity index (χ0n) is 14.5. The van der Waals surface area contributed by atoms with Crippen molar-refractivity contribution < 1.29 is 9.90 Å². The second-order valence-electron chi connectivity index (χ2n) is 6.27. The average Bonchev–Trinajstić information content (AvgIpc) is 2.68. The van der Waals surface area contributed by atoms with Crippen molar-refractivity contribution in [3.63, 3.8) is 0 Å². The number of aliphatic hydroxyl groups excluding tert-OH is 1. The quantitative estimate of drug-likeness (QED) is 0.841. The van der Waals surface area contributed by atoms with Crippen LogP contribution in [0.25, 0.3) is 0 Å². The average molecular weight is 375 g/mol. The maximum atomic E-state index is 12.8. The van der Waals surface area contributed by atoms with E-state index in [4.69, 9.17) is 16.7 Å². The molecular weight excluding hydrogens is 352 g/mol. The van der Waals surface area contributed by atoms with Crippen LogP contribution in [0, 0.1) is 0 Å². The van der Waals surface area contributed by atoms with Crippen molar-refractivity contribution in [3.05, 3.63) is 64.9 Å². The number of β-amino-alcohol motifs (C(OH)–C–C–N with tert-alkyl or cyclic N) is 1. The summed E-state index contributed by atoms with van der Waals surface area (Å²) >= 11 is 6.00. The Labute approximate surface area is 158 Å². The molecule has 2 aromatic rings. The smallest absolute Gasteiger partial charge is 0.318 e. The van der Waals surface area contributed by atoms with E-state index in [0.717, 1.165) is 24.2 Å². The van der Waals surface area contributed by atoms with Gasteiger partial charge in [0, 0.05) is 50.1 Å². The van der Waals surface area contributed by atoms with Crippen LogP contribution in [0.3, 0.4) is 0 Å². The highest BCUT2D eigenvalue weighted by molar-refractivity contribution is 6.30. The van der Waals surface area contributed by atoms with Gasteiger partial charge in [-0.15, -0.1) is 0 Å². The van der Waals surface area contributed by atoms with Crippen LogP contribution in [0.1, 0.15) is 17.2 Å². The molecule has 2 N–H and O–H groups in total. The highest BCUT2D eigenvalue weighted by Gasteiger charge is 2.24. The second-order valence-corrected chi connectivity index (χ2v) is 6.70. The summed E-state index contributed by atoms with van der Waals surface area (Å²) in [4.78, 5) is 20.8. The van der Waals surface area contributed by atoms with Crippen LogP contribution in [-0.4, -0.2) is 65.3 Å². The number of halogens is 1. The number of aliphatic hydroxyl groups is 1. The number of aromatic nitrogens is 1. The highest BCUT2D eigenvalue weighted by atomic mass is 35.5. The number of nitrogens with zero attached hydrogens (tertiary/aromatic N) is 3. The number of hydrogen-bond acceptors (Lipinski definition) is 4. The number of benzene rings is 1. The fourth-order valence-corrected chi connectivity index (χ4v) is 3.23. The van der Waals surface area contributed by atoms with Gasteiger partial charge in [-0.3, -0.25) is 9.88 Å². The SMILES string of the molecule is O=C(NC(c1ccncc1)c1ccc(Cl)cc1)N1CCN(CCO)CC1. The van der Waals surface area contributed by atoms with Gasteiger partial charge in [0.2, 0.25) is 0 Å². The van der Waals surface area contributed by atoms with Gasteiger partial charge in [-0.05, 0) is 35.4 Å². The third kappa shape index (κ3) is 4.72. The predicted molar refractivity (Wildman–Crippen MR) is 101 cm³/mol. The van der Waals surface area contributed by atoms with Crippen molar-refractivity contribution in [3.8, 4) is 0 Å². The van der Waals surface area contributed by atoms with Crippen LogP contribution < -0.4 is 5.32 Å². The van der Waals surface area contributed by atoms with Gasteiger partial charge in [0.15, 0.2) is 0 Å². The monoisotopic (exact) mass is 374 g/mol. The van der Waals surface area contributed by atoms with E-state index in [9.17, 15) is 4.79 Å². The molecule has 7 heteroatoms. The molecule has 1 atom stereocenters. The maximum Gasteiger partial charge on any atom is 0.318 e. The molecule has 2 amide bonds. The number of carbonyl (C=O) groups excluding carboxylic acids is 1. The van der Waals surface area contributed by atoms with Crippen LogP contribution in [0.4, 0.5) is 4.79 Å². The Morgan fingerprint density at radius 3 is 2.31 bits per heavy atom. The van der Waals surface area contributed by atoms with E-state index in [2.05, 4.69) is 15.2 Å². The Morgan fingerprint density at radius 1 is 1.08 bits per heavy atom. The van der Waals surface area contributed by atoms with Crippen molar-refractivity contribution in [1.82, 2.24) is 20.1 Å². The van der Waals surface area contributed by atoms with Crippen molar-refractivity contribution in [2.45, 2.75) is 6.04 Å². The third-order valence-corrected chi connectivity index (χ3v) is 4.84. The van der Waals surface area contributed by atoms with Crippen LogP contribution in [0.5, 0.6) is 0 Å². The molecule has 0 saturated carbocycles. The van der Waals surface area contributed by atoms with Crippen molar-refractivity contribution >= 4 is 17.6 Å². The molecule has 138 valence electrons. The Morgan fingerprint density at radius 2 is 1.69 bits per heavy atom. The standard InChI is InChI=1S/C19H23ClN4O2/c20-17-3-1-15(2-4-17)18(16-5-7-21-8-6-16)22-19(26)24-11-9-23(10-12-24)13-14-25/h1-8,18,25H,9-14H2,(H,22,26). The Hall–Kier alpha value is -2.15. The molecule has 1 aliphatic heterocycles. The summed E-state index contributed by atoms with van der Waals surface area (Å²) in [7, 11) is 0. The minimum atomic E-state index is -0.266. The number of pyridine rings is 1. The zero-order valence-corrected chi connectivity index (χ0v) is 15.3. The third-order valence-electron chi connectivity index (χ3n) is 4.59. The number of carbonyl (C=O) groups is 1. The van der Waals surface area contributed by atoms with Gasteiger partial charge in [0.1, 0.15) is 0 Å². The van der Waals surface area contributed by atoms with E-state index in [1.807, 2.05) is 41.3 Å². The molecule has 3 rings (SSSR count). The predicted octanol–water partition coefficient (Wildman–Crippen LogP) is 2.14. The van der Waals surface area contributed by atoms with E-state index in [-0.39, 0.29) is 18.7 Å². The fraction of sp³-hybridized carbons (Fsp3) is 0.368. The van der Waals surface area contributed by atoms with E-state index >= 15 is 0 Å². The number of urea groups is 1. The molecular formula is C19H23ClN4O2. The first-order valence-corrected chi connectivity index (χ1v) is 9.09. The first-order chi connectivity index (χ1) is 12.7. The van der Waals surface area contributed by atoms with Crippen molar-refractivity contribution in [2.24, 2.45) is 0 Å². The first-order valence-electron chi connectivity index (χ1n) is 8.71. The molecule has 0 radical (unpaired) electrons. The topological polar surface area (TPSA) is 68.7 Å². The minimum absolute atomic E-state index is 0.0922. The lowest BCUT2D eigenvalue weighted by molar-refractivity contribution is 0.121. The molecule has 0 bridgehead atoms. The molecule has 6 nitrogen and oxygen atoms in total. The van der Waals surface area contributed by atoms with Gasteiger partial charge in [0.05, 0.1) is 12.6 Å². The minimum Gasteiger partial charge on any atom is -0.395 e. The van der Waals surface area contributed by atoms with Crippen molar-refractivity contribution in [1.29, 1.82) is 0 Å². The molecule has 26 heavy (non-hydrogen) atoms. The first kappa shape index (κ1) is 18.6. The lowest BCUT2D eigenvalue weighted by Gasteiger charge is -2.35. The van der Waals surface area contributed by atoms with Gasteiger partial charge >= 0.3 is 6.03 Å². The lowest BCUT2D eigenvalue weighted by Crippen LogP contribution is -2.52. The summed E-state index contributed by atoms with van der Waals surface area (Å²) < 4.78 is 0. The number of nitrogens with one attached hydrogen (secondary N) is 1. The molecule has 1 aromatic carbocycles. The summed E-state index contributed by atoms with van der Waals surface area (Å²) in [6.07, 6.45) is 3.44. The molecule has 1 saturated heterocycles. The Bertz CT molecular complexity index is 703. The van der Waals surface area contributed by atoms with Crippen LogP contribution >= 0.6 is 11.6 Å². The van der Waals surface area contributed by atoms with Gasteiger partial charge in [-0.25, -0.2) is 4.79 Å². The number of rotatable bonds is 5. The summed E-state index contributed by atoms with van der Waals surface area (Å²) in [5, 5.41) is 12.8. The summed E-state index contributed by atoms with van der Waals surface area (Å²) in [6, 6.07) is 10.9. The largest absolute Gasteiger partial charge is 0.395 e. The van der Waals surface area contributed by atoms with Gasteiger partial charge in [-0.2, -0.15) is 0 Å². The summed E-state index contributed by atoms with van der Waals surface area (Å²) in [5.74, 6) is 0.